The molecule has 0 aliphatic carbocycles. The number of rotatable bonds is 10. The van der Waals surface area contributed by atoms with Crippen molar-refractivity contribution in [2.75, 3.05) is 127 Å². The normalized spacial score (nSPS) is 21.9. The number of likely N-dealkylation sites (N-methyl/N-ethyl adjacent to an activating group) is 2. The van der Waals surface area contributed by atoms with Gasteiger partial charge in [-0.3, -0.25) is 0 Å². The average molecular weight is 1150 g/mol. The Labute approximate surface area is 487 Å². The maximum Gasteiger partial charge on any atom is 0.410 e. The van der Waals surface area contributed by atoms with E-state index in [0.717, 1.165) is 131 Å². The van der Waals surface area contributed by atoms with Crippen LogP contribution in [-0.4, -0.2) is 197 Å². The number of amides is 2. The summed E-state index contributed by atoms with van der Waals surface area (Å²) in [5.41, 5.74) is 6.95. The molecular formula is C57H90N14O7S2. The molecule has 0 bridgehead atoms. The van der Waals surface area contributed by atoms with E-state index in [9.17, 15) is 9.59 Å². The van der Waals surface area contributed by atoms with Gasteiger partial charge >= 0.3 is 24.2 Å². The predicted octanol–water partition coefficient (Wildman–Crippen LogP) is 6.80. The summed E-state index contributed by atoms with van der Waals surface area (Å²) in [5, 5.41) is 9.38. The van der Waals surface area contributed by atoms with E-state index >= 15 is 0 Å². The fourth-order valence-electron chi connectivity index (χ4n) is 11.9. The van der Waals surface area contributed by atoms with Crippen LogP contribution in [0.15, 0.2) is 18.3 Å². The van der Waals surface area contributed by atoms with Gasteiger partial charge in [0.25, 0.3) is 0 Å². The summed E-state index contributed by atoms with van der Waals surface area (Å²) in [4.78, 5) is 60.1. The molecule has 80 heavy (non-hydrogen) atoms. The summed E-state index contributed by atoms with van der Waals surface area (Å²) in [6, 6.07) is 6.09. The molecular weight excluding hydrogens is 1060 g/mol. The molecule has 7 aliphatic heterocycles. The van der Waals surface area contributed by atoms with Crippen molar-refractivity contribution in [3.63, 3.8) is 0 Å². The zero-order valence-corrected chi connectivity index (χ0v) is 51.0. The SMILES string of the molecule is CN1CCCC1COc1nc2c(c(N3CCN(C(=O)OC(C)(C)C)CC3)n1)CCNC2.Cc1ccc2c(cnn2C2CCCCO2)c1N1CCc2c(nc(OCC3CCCN3C)nc2N2CCN(C(=O)OC(C)(C)C)CC2)C1.S.S. The Kier molecular flexibility index (Phi) is 20.2. The molecule has 1 aromatic carbocycles. The van der Waals surface area contributed by atoms with Gasteiger partial charge in [0.15, 0.2) is 6.23 Å². The summed E-state index contributed by atoms with van der Waals surface area (Å²) in [7, 11) is 4.31. The summed E-state index contributed by atoms with van der Waals surface area (Å²) in [5.74, 6) is 1.90. The Morgan fingerprint density at radius 3 is 1.71 bits per heavy atom. The van der Waals surface area contributed by atoms with Crippen LogP contribution in [0.25, 0.3) is 10.9 Å². The lowest BCUT2D eigenvalue weighted by Gasteiger charge is -2.38. The first-order chi connectivity index (χ1) is 37.4. The van der Waals surface area contributed by atoms with Crippen LogP contribution in [0.5, 0.6) is 12.0 Å². The molecule has 1 N–H and O–H groups in total. The number of carbonyl (C=O) groups excluding carboxylic acids is 2. The van der Waals surface area contributed by atoms with Crippen molar-refractivity contribution in [3.05, 3.63) is 46.4 Å². The van der Waals surface area contributed by atoms with Crippen LogP contribution in [0.1, 0.15) is 121 Å². The highest BCUT2D eigenvalue weighted by Gasteiger charge is 2.34. The van der Waals surface area contributed by atoms with Crippen molar-refractivity contribution in [3.8, 4) is 12.0 Å². The number of fused-ring (bicyclic) bond motifs is 3. The van der Waals surface area contributed by atoms with E-state index in [1.54, 1.807) is 9.80 Å². The molecule has 0 saturated carbocycles. The topological polar surface area (TPSA) is 184 Å². The maximum atomic E-state index is 12.8. The number of aromatic nitrogens is 6. The molecule has 442 valence electrons. The molecule has 3 aromatic heterocycles. The summed E-state index contributed by atoms with van der Waals surface area (Å²) >= 11 is 0. The molecule has 3 unspecified atom stereocenters. The van der Waals surface area contributed by atoms with Gasteiger partial charge in [0.1, 0.15) is 36.1 Å². The third-order valence-corrected chi connectivity index (χ3v) is 16.2. The summed E-state index contributed by atoms with van der Waals surface area (Å²) in [6.45, 7) is 26.2. The number of likely N-dealkylation sites (tertiary alicyclic amines) is 2. The summed E-state index contributed by atoms with van der Waals surface area (Å²) < 4.78 is 31.8. The third-order valence-electron chi connectivity index (χ3n) is 16.2. The highest BCUT2D eigenvalue weighted by atomic mass is 32.1. The van der Waals surface area contributed by atoms with Gasteiger partial charge in [-0.05, 0) is 152 Å². The molecule has 21 nitrogen and oxygen atoms in total. The van der Waals surface area contributed by atoms with Gasteiger partial charge in [0.2, 0.25) is 0 Å². The number of aryl methyl sites for hydroxylation is 1. The quantitative estimate of drug-likeness (QED) is 0.175. The van der Waals surface area contributed by atoms with Gasteiger partial charge in [-0.25, -0.2) is 14.3 Å². The van der Waals surface area contributed by atoms with E-state index in [0.29, 0.717) is 83.1 Å². The second kappa shape index (κ2) is 26.4. The fraction of sp³-hybridized carbons (Fsp3) is 0.702. The van der Waals surface area contributed by atoms with Gasteiger partial charge in [0.05, 0.1) is 35.3 Å². The van der Waals surface area contributed by atoms with Gasteiger partial charge in [-0.15, -0.1) is 0 Å². The molecule has 11 rings (SSSR count). The lowest BCUT2D eigenvalue weighted by molar-refractivity contribution is -0.0366. The second-order valence-corrected chi connectivity index (χ2v) is 24.3. The summed E-state index contributed by atoms with van der Waals surface area (Å²) in [6.07, 6.45) is 11.2. The van der Waals surface area contributed by atoms with E-state index in [1.165, 1.54) is 35.2 Å². The molecule has 23 heteroatoms. The second-order valence-electron chi connectivity index (χ2n) is 24.3. The number of piperazine rings is 2. The Hall–Kier alpha value is -5.07. The molecule has 0 radical (unpaired) electrons. The minimum absolute atomic E-state index is 0. The van der Waals surface area contributed by atoms with E-state index in [1.807, 2.05) is 47.7 Å². The number of benzene rings is 1. The molecule has 2 amide bonds. The van der Waals surface area contributed by atoms with E-state index in [-0.39, 0.29) is 45.4 Å². The highest BCUT2D eigenvalue weighted by molar-refractivity contribution is 7.59. The number of anilines is 3. The maximum absolute atomic E-state index is 12.8. The number of ether oxygens (including phenoxy) is 5. The van der Waals surface area contributed by atoms with Crippen LogP contribution in [-0.2, 0) is 40.1 Å². The smallest absolute Gasteiger partial charge is 0.410 e. The number of nitrogens with one attached hydrogen (secondary N) is 1. The lowest BCUT2D eigenvalue weighted by atomic mass is 10.0. The van der Waals surface area contributed by atoms with Gasteiger partial charge in [-0.1, -0.05) is 6.07 Å². The van der Waals surface area contributed by atoms with Crippen LogP contribution in [0.3, 0.4) is 0 Å². The Morgan fingerprint density at radius 1 is 0.650 bits per heavy atom. The largest absolute Gasteiger partial charge is 0.462 e. The van der Waals surface area contributed by atoms with E-state index in [2.05, 4.69) is 67.6 Å². The van der Waals surface area contributed by atoms with Crippen molar-refractivity contribution in [1.82, 2.24) is 54.6 Å². The predicted molar refractivity (Wildman–Crippen MR) is 321 cm³/mol. The van der Waals surface area contributed by atoms with Gasteiger partial charge in [-0.2, -0.15) is 52.0 Å². The van der Waals surface area contributed by atoms with Crippen molar-refractivity contribution in [2.45, 2.75) is 149 Å². The number of hydrogen-bond donors (Lipinski definition) is 1. The van der Waals surface area contributed by atoms with E-state index in [4.69, 9.17) is 48.7 Å². The van der Waals surface area contributed by atoms with Crippen LogP contribution in [0.4, 0.5) is 26.9 Å². The van der Waals surface area contributed by atoms with Gasteiger partial charge < -0.3 is 63.3 Å². The monoisotopic (exact) mass is 1150 g/mol. The Bertz CT molecular complexity index is 2740. The van der Waals surface area contributed by atoms with Crippen LogP contribution in [0, 0.1) is 6.92 Å². The minimum Gasteiger partial charge on any atom is -0.462 e. The number of nitrogens with zero attached hydrogens (tertiary/aromatic N) is 13. The average Bonchev–Trinajstić information content (AvgIpc) is 4.19. The van der Waals surface area contributed by atoms with Crippen molar-refractivity contribution in [1.29, 1.82) is 0 Å². The fourth-order valence-corrected chi connectivity index (χ4v) is 11.9. The number of hydrogen-bond acceptors (Lipinski definition) is 18. The first-order valence-corrected chi connectivity index (χ1v) is 28.9. The zero-order valence-electron chi connectivity index (χ0n) is 49.0. The van der Waals surface area contributed by atoms with E-state index < -0.39 is 11.2 Å². The molecule has 0 spiro atoms. The zero-order chi connectivity index (χ0) is 54.7. The lowest BCUT2D eigenvalue weighted by Crippen LogP contribution is -2.50. The van der Waals surface area contributed by atoms with Crippen LogP contribution < -0.4 is 29.5 Å². The molecule has 7 aliphatic rings. The molecule has 4 aromatic rings. The first kappa shape index (κ1) is 61.0. The molecule has 3 atom stereocenters. The van der Waals surface area contributed by atoms with Crippen molar-refractivity contribution >= 4 is 67.4 Å². The minimum atomic E-state index is -0.517. The van der Waals surface area contributed by atoms with Crippen LogP contribution >= 0.6 is 27.0 Å². The Balaban J connectivity index is 0.000000222. The number of carbonyl (C=O) groups is 2. The highest BCUT2D eigenvalue weighted by Crippen LogP contribution is 2.38. The molecule has 5 fully saturated rings. The van der Waals surface area contributed by atoms with Crippen LogP contribution in [0.2, 0.25) is 0 Å². The Morgan fingerprint density at radius 2 is 1.20 bits per heavy atom. The van der Waals surface area contributed by atoms with Crippen molar-refractivity contribution in [2.24, 2.45) is 0 Å². The van der Waals surface area contributed by atoms with Crippen molar-refractivity contribution < 1.29 is 33.3 Å². The standard InChI is InChI=1S/C35H50N8O4.C22H36N6O3.2H2S/c1-24-11-12-29-27(21-36-43(29)30-10-6-7-20-45-30)31(24)42-15-13-26-28(22-42)37-33(46-23-25-9-8-14-39(25)5)38-32(26)40-16-18-41(19-17-40)34(44)47-35(2,3)4;1-22(2,3)31-21(29)28-12-10-27(11-13-28)19-17-7-8-23-14-18(17)24-20(25-19)30-15-16-6-5-9-26(16)4;;/h11-12,21,25,30H,6-10,13-20,22-23H2,1-5H3;16,23H,5-15H2,1-4H3;2*1H2. The van der Waals surface area contributed by atoms with Gasteiger partial charge in [0, 0.05) is 101 Å². The third kappa shape index (κ3) is 14.6. The molecule has 5 saturated heterocycles. The molecule has 10 heterocycles. The first-order valence-electron chi connectivity index (χ1n) is 28.9.